The number of hydrogen-bond acceptors (Lipinski definition) is 6. The Morgan fingerprint density at radius 1 is 0.920 bits per heavy atom. The molecule has 4 rings (SSSR count). The molecule has 0 atom stereocenters. The predicted molar refractivity (Wildman–Crippen MR) is 99.2 cm³/mol. The van der Waals surface area contributed by atoms with Gasteiger partial charge in [-0.2, -0.15) is 0 Å². The molecule has 0 radical (unpaired) electrons. The second kappa shape index (κ2) is 6.31. The Labute approximate surface area is 147 Å². The first-order chi connectivity index (χ1) is 12.2. The summed E-state index contributed by atoms with van der Waals surface area (Å²) in [6.07, 6.45) is 4.28. The van der Waals surface area contributed by atoms with Crippen LogP contribution in [0.25, 0.3) is 11.0 Å². The van der Waals surface area contributed by atoms with Gasteiger partial charge in [-0.15, -0.1) is 0 Å². The third-order valence-electron chi connectivity index (χ3n) is 4.90. The Morgan fingerprint density at radius 3 is 2.28 bits per heavy atom. The van der Waals surface area contributed by atoms with E-state index in [9.17, 15) is 0 Å². The fourth-order valence-corrected chi connectivity index (χ4v) is 3.60. The fourth-order valence-electron chi connectivity index (χ4n) is 3.60. The molecular weight excluding hydrogens is 314 g/mol. The van der Waals surface area contributed by atoms with Crippen molar-refractivity contribution < 1.29 is 0 Å². The van der Waals surface area contributed by atoms with Gasteiger partial charge in [-0.05, 0) is 26.3 Å². The van der Waals surface area contributed by atoms with E-state index in [1.807, 2.05) is 6.92 Å². The van der Waals surface area contributed by atoms with Crippen molar-refractivity contribution in [3.63, 3.8) is 0 Å². The first kappa shape index (κ1) is 15.8. The number of nitrogens with zero attached hydrogens (tertiary/aromatic N) is 6. The summed E-state index contributed by atoms with van der Waals surface area (Å²) < 4.78 is 0. The highest BCUT2D eigenvalue weighted by Gasteiger charge is 2.23. The third kappa shape index (κ3) is 2.79. The number of aromatic nitrogens is 5. The summed E-state index contributed by atoms with van der Waals surface area (Å²) in [6.45, 7) is 9.95. The van der Waals surface area contributed by atoms with Gasteiger partial charge in [0, 0.05) is 43.1 Å². The Hall–Kier alpha value is -2.70. The van der Waals surface area contributed by atoms with E-state index in [1.165, 1.54) is 5.56 Å². The Balaban J connectivity index is 1.56. The summed E-state index contributed by atoms with van der Waals surface area (Å²) in [5.74, 6) is 2.07. The summed E-state index contributed by atoms with van der Waals surface area (Å²) in [5, 5.41) is 0. The number of nitrogens with one attached hydrogen (secondary N) is 1. The highest BCUT2D eigenvalue weighted by Crippen LogP contribution is 2.26. The van der Waals surface area contributed by atoms with E-state index < -0.39 is 0 Å². The number of hydrogen-bond donors (Lipinski definition) is 1. The van der Waals surface area contributed by atoms with Gasteiger partial charge in [-0.25, -0.2) is 19.9 Å². The van der Waals surface area contributed by atoms with Crippen molar-refractivity contribution in [1.82, 2.24) is 24.9 Å². The van der Waals surface area contributed by atoms with E-state index in [0.717, 1.165) is 66.7 Å². The van der Waals surface area contributed by atoms with Crippen molar-refractivity contribution in [3.05, 3.63) is 35.7 Å². The summed E-state index contributed by atoms with van der Waals surface area (Å²) >= 11 is 0. The average Bonchev–Trinajstić information content (AvgIpc) is 3.02. The van der Waals surface area contributed by atoms with Gasteiger partial charge in [0.15, 0.2) is 5.82 Å². The summed E-state index contributed by atoms with van der Waals surface area (Å²) in [7, 11) is 0. The molecule has 1 saturated heterocycles. The van der Waals surface area contributed by atoms with Crippen LogP contribution in [0, 0.1) is 13.8 Å². The Kier molecular flexibility index (Phi) is 3.99. The monoisotopic (exact) mass is 337 g/mol. The molecule has 1 fully saturated rings. The van der Waals surface area contributed by atoms with Gasteiger partial charge in [-0.3, -0.25) is 0 Å². The molecule has 4 heterocycles. The molecule has 25 heavy (non-hydrogen) atoms. The third-order valence-corrected chi connectivity index (χ3v) is 4.90. The molecule has 3 aromatic heterocycles. The van der Waals surface area contributed by atoms with Gasteiger partial charge in [-0.1, -0.05) is 6.92 Å². The standard InChI is InChI=1S/C18H23N7/c1-4-14-13(3)19-10-21-17(14)24-5-7-25(8-6-24)18-16-15(20-11-22-18)9-12(2)23-16/h9-11,23H,4-8H2,1-3H3. The van der Waals surface area contributed by atoms with Crippen LogP contribution >= 0.6 is 0 Å². The Morgan fingerprint density at radius 2 is 1.56 bits per heavy atom. The van der Waals surface area contributed by atoms with Crippen LogP contribution in [0.1, 0.15) is 23.9 Å². The van der Waals surface area contributed by atoms with Crippen molar-refractivity contribution in [2.24, 2.45) is 0 Å². The lowest BCUT2D eigenvalue weighted by Gasteiger charge is -2.36. The maximum Gasteiger partial charge on any atom is 0.156 e. The lowest BCUT2D eigenvalue weighted by atomic mass is 10.1. The molecule has 1 aliphatic rings. The van der Waals surface area contributed by atoms with Crippen molar-refractivity contribution >= 4 is 22.7 Å². The summed E-state index contributed by atoms with van der Waals surface area (Å²) in [5.41, 5.74) is 5.44. The molecule has 1 aliphatic heterocycles. The minimum absolute atomic E-state index is 0.913. The van der Waals surface area contributed by atoms with E-state index in [-0.39, 0.29) is 0 Å². The number of fused-ring (bicyclic) bond motifs is 1. The van der Waals surface area contributed by atoms with Crippen LogP contribution in [-0.4, -0.2) is 51.1 Å². The molecule has 7 nitrogen and oxygen atoms in total. The first-order valence-electron chi connectivity index (χ1n) is 8.78. The van der Waals surface area contributed by atoms with E-state index in [4.69, 9.17) is 0 Å². The second-order valence-electron chi connectivity index (χ2n) is 6.50. The van der Waals surface area contributed by atoms with Crippen LogP contribution in [0.3, 0.4) is 0 Å². The van der Waals surface area contributed by atoms with Gasteiger partial charge in [0.25, 0.3) is 0 Å². The molecule has 0 aliphatic carbocycles. The highest BCUT2D eigenvalue weighted by atomic mass is 15.3. The highest BCUT2D eigenvalue weighted by molar-refractivity contribution is 5.86. The number of H-pyrrole nitrogens is 1. The van der Waals surface area contributed by atoms with Gasteiger partial charge in [0.05, 0.1) is 5.52 Å². The largest absolute Gasteiger partial charge is 0.354 e. The molecular formula is C18H23N7. The number of aryl methyl sites for hydroxylation is 2. The minimum atomic E-state index is 0.913. The zero-order valence-corrected chi connectivity index (χ0v) is 15.0. The van der Waals surface area contributed by atoms with Gasteiger partial charge in [0.2, 0.25) is 0 Å². The normalized spacial score (nSPS) is 15.2. The quantitative estimate of drug-likeness (QED) is 0.790. The fraction of sp³-hybridized carbons (Fsp3) is 0.444. The number of rotatable bonds is 3. The number of aromatic amines is 1. The molecule has 3 aromatic rings. The predicted octanol–water partition coefficient (Wildman–Crippen LogP) is 2.25. The average molecular weight is 337 g/mol. The Bertz CT molecular complexity index is 894. The van der Waals surface area contributed by atoms with E-state index >= 15 is 0 Å². The van der Waals surface area contributed by atoms with E-state index in [1.54, 1.807) is 12.7 Å². The van der Waals surface area contributed by atoms with Crippen molar-refractivity contribution in [2.45, 2.75) is 27.2 Å². The maximum absolute atomic E-state index is 4.55. The van der Waals surface area contributed by atoms with E-state index in [2.05, 4.69) is 54.6 Å². The van der Waals surface area contributed by atoms with Gasteiger partial charge < -0.3 is 14.8 Å². The zero-order valence-electron chi connectivity index (χ0n) is 15.0. The molecule has 0 saturated carbocycles. The second-order valence-corrected chi connectivity index (χ2v) is 6.50. The lowest BCUT2D eigenvalue weighted by molar-refractivity contribution is 0.638. The topological polar surface area (TPSA) is 73.8 Å². The molecule has 0 aromatic carbocycles. The van der Waals surface area contributed by atoms with Crippen molar-refractivity contribution in [3.8, 4) is 0 Å². The first-order valence-corrected chi connectivity index (χ1v) is 8.78. The molecule has 0 bridgehead atoms. The van der Waals surface area contributed by atoms with Crippen LogP contribution in [-0.2, 0) is 6.42 Å². The van der Waals surface area contributed by atoms with E-state index in [0.29, 0.717) is 0 Å². The van der Waals surface area contributed by atoms with Crippen LogP contribution in [0.15, 0.2) is 18.7 Å². The minimum Gasteiger partial charge on any atom is -0.354 e. The van der Waals surface area contributed by atoms with Crippen LogP contribution in [0.5, 0.6) is 0 Å². The number of anilines is 2. The van der Waals surface area contributed by atoms with Crippen LogP contribution in [0.2, 0.25) is 0 Å². The molecule has 1 N–H and O–H groups in total. The van der Waals surface area contributed by atoms with Crippen molar-refractivity contribution in [1.29, 1.82) is 0 Å². The zero-order chi connectivity index (χ0) is 17.4. The van der Waals surface area contributed by atoms with Gasteiger partial charge in [0.1, 0.15) is 24.0 Å². The van der Waals surface area contributed by atoms with Crippen LogP contribution in [0.4, 0.5) is 11.6 Å². The number of piperazine rings is 1. The summed E-state index contributed by atoms with van der Waals surface area (Å²) in [4.78, 5) is 25.9. The summed E-state index contributed by atoms with van der Waals surface area (Å²) in [6, 6.07) is 2.06. The maximum atomic E-state index is 4.55. The molecule has 130 valence electrons. The SMILES string of the molecule is CCc1c(C)ncnc1N1CCN(c2ncnc3cc(C)[nH]c23)CC1. The van der Waals surface area contributed by atoms with Gasteiger partial charge >= 0.3 is 0 Å². The molecule has 0 unspecified atom stereocenters. The molecule has 7 heteroatoms. The van der Waals surface area contributed by atoms with Crippen LogP contribution < -0.4 is 9.80 Å². The molecule has 0 amide bonds. The smallest absolute Gasteiger partial charge is 0.156 e. The molecule has 0 spiro atoms. The lowest BCUT2D eigenvalue weighted by Crippen LogP contribution is -2.47. The van der Waals surface area contributed by atoms with Crippen molar-refractivity contribution in [2.75, 3.05) is 36.0 Å².